The molecule has 1 atom stereocenters. The van der Waals surface area contributed by atoms with E-state index in [1.807, 2.05) is 12.1 Å². The average Bonchev–Trinajstić information content (AvgIpc) is 2.47. The second-order valence-corrected chi connectivity index (χ2v) is 5.51. The highest BCUT2D eigenvalue weighted by atomic mass is 16.5. The van der Waals surface area contributed by atoms with Crippen LogP contribution in [0.1, 0.15) is 58.9 Å². The number of nitrogens with one attached hydrogen (secondary N) is 1. The van der Waals surface area contributed by atoms with Crippen molar-refractivity contribution in [3.8, 4) is 11.5 Å². The number of hydrogen-bond acceptors (Lipinski definition) is 3. The van der Waals surface area contributed by atoms with Gasteiger partial charge in [0.2, 0.25) is 0 Å². The molecule has 0 bridgehead atoms. The van der Waals surface area contributed by atoms with Crippen LogP contribution in [0, 0.1) is 0 Å². The predicted octanol–water partition coefficient (Wildman–Crippen LogP) is 4.54. The molecule has 3 nitrogen and oxygen atoms in total. The lowest BCUT2D eigenvalue weighted by Crippen LogP contribution is -2.17. The van der Waals surface area contributed by atoms with Gasteiger partial charge in [-0.05, 0) is 38.8 Å². The normalized spacial score (nSPS) is 12.2. The van der Waals surface area contributed by atoms with Crippen LogP contribution in [-0.4, -0.2) is 19.3 Å². The predicted molar refractivity (Wildman–Crippen MR) is 89.2 cm³/mol. The van der Waals surface area contributed by atoms with E-state index in [-0.39, 0.29) is 6.10 Å². The average molecular weight is 293 g/mol. The van der Waals surface area contributed by atoms with Gasteiger partial charge in [0.25, 0.3) is 0 Å². The summed E-state index contributed by atoms with van der Waals surface area (Å²) in [5.41, 5.74) is 1.20. The SMILES string of the molecule is CCCNCc1ccc(OCCC)cc1OC(C)CCC. The van der Waals surface area contributed by atoms with Crippen molar-refractivity contribution in [1.29, 1.82) is 0 Å². The molecule has 21 heavy (non-hydrogen) atoms. The molecule has 0 aliphatic carbocycles. The number of rotatable bonds is 11. The summed E-state index contributed by atoms with van der Waals surface area (Å²) in [5, 5.41) is 3.44. The standard InChI is InChI=1S/C18H31NO2/c1-5-8-15(4)21-18-13-17(20-12-7-3)10-9-16(18)14-19-11-6-2/h9-10,13,15,19H,5-8,11-12,14H2,1-4H3. The quantitative estimate of drug-likeness (QED) is 0.607. The van der Waals surface area contributed by atoms with Crippen molar-refractivity contribution in [3.63, 3.8) is 0 Å². The molecule has 0 radical (unpaired) electrons. The summed E-state index contributed by atoms with van der Waals surface area (Å²) < 4.78 is 11.8. The Kier molecular flexibility index (Phi) is 8.91. The van der Waals surface area contributed by atoms with E-state index in [1.165, 1.54) is 5.56 Å². The fourth-order valence-electron chi connectivity index (χ4n) is 2.18. The van der Waals surface area contributed by atoms with Crippen molar-refractivity contribution in [2.45, 2.75) is 66.0 Å². The molecule has 1 rings (SSSR count). The van der Waals surface area contributed by atoms with Gasteiger partial charge in [-0.3, -0.25) is 0 Å². The van der Waals surface area contributed by atoms with Gasteiger partial charge in [0, 0.05) is 18.2 Å². The van der Waals surface area contributed by atoms with Crippen LogP contribution in [0.25, 0.3) is 0 Å². The molecule has 0 saturated heterocycles. The van der Waals surface area contributed by atoms with Crippen LogP contribution in [0.5, 0.6) is 11.5 Å². The van der Waals surface area contributed by atoms with E-state index in [0.29, 0.717) is 0 Å². The second kappa shape index (κ2) is 10.5. The summed E-state index contributed by atoms with van der Waals surface area (Å²) in [7, 11) is 0. The molecule has 0 amide bonds. The first kappa shape index (κ1) is 17.8. The summed E-state index contributed by atoms with van der Waals surface area (Å²) >= 11 is 0. The van der Waals surface area contributed by atoms with E-state index >= 15 is 0 Å². The van der Waals surface area contributed by atoms with Crippen molar-refractivity contribution >= 4 is 0 Å². The van der Waals surface area contributed by atoms with Crippen LogP contribution in [0.15, 0.2) is 18.2 Å². The van der Waals surface area contributed by atoms with E-state index in [2.05, 4.69) is 39.1 Å². The molecule has 120 valence electrons. The Morgan fingerprint density at radius 1 is 1.10 bits per heavy atom. The molecular weight excluding hydrogens is 262 g/mol. The van der Waals surface area contributed by atoms with Gasteiger partial charge in [-0.25, -0.2) is 0 Å². The van der Waals surface area contributed by atoms with E-state index in [4.69, 9.17) is 9.47 Å². The Labute approximate surface area is 130 Å². The Hall–Kier alpha value is -1.22. The van der Waals surface area contributed by atoms with Gasteiger partial charge in [0.15, 0.2) is 0 Å². The summed E-state index contributed by atoms with van der Waals surface area (Å²) in [6, 6.07) is 6.18. The number of ether oxygens (including phenoxy) is 2. The highest BCUT2D eigenvalue weighted by molar-refractivity contribution is 5.41. The smallest absolute Gasteiger partial charge is 0.127 e. The van der Waals surface area contributed by atoms with Gasteiger partial charge in [-0.15, -0.1) is 0 Å². The Morgan fingerprint density at radius 3 is 2.57 bits per heavy atom. The first-order chi connectivity index (χ1) is 10.2. The van der Waals surface area contributed by atoms with E-state index in [0.717, 1.165) is 56.9 Å². The first-order valence-corrected chi connectivity index (χ1v) is 8.34. The molecule has 1 aromatic carbocycles. The maximum absolute atomic E-state index is 6.12. The Bertz CT molecular complexity index is 393. The topological polar surface area (TPSA) is 30.5 Å². The third-order valence-electron chi connectivity index (χ3n) is 3.28. The maximum atomic E-state index is 6.12. The zero-order chi connectivity index (χ0) is 15.5. The van der Waals surface area contributed by atoms with Gasteiger partial charge in [0.1, 0.15) is 11.5 Å². The van der Waals surface area contributed by atoms with Crippen molar-refractivity contribution in [3.05, 3.63) is 23.8 Å². The van der Waals surface area contributed by atoms with Gasteiger partial charge in [0.05, 0.1) is 12.7 Å². The minimum absolute atomic E-state index is 0.237. The highest BCUT2D eigenvalue weighted by Gasteiger charge is 2.10. The van der Waals surface area contributed by atoms with Gasteiger partial charge < -0.3 is 14.8 Å². The molecule has 0 aromatic heterocycles. The van der Waals surface area contributed by atoms with Crippen LogP contribution < -0.4 is 14.8 Å². The third-order valence-corrected chi connectivity index (χ3v) is 3.28. The van der Waals surface area contributed by atoms with Gasteiger partial charge in [-0.2, -0.15) is 0 Å². The lowest BCUT2D eigenvalue weighted by atomic mass is 10.1. The number of hydrogen-bond donors (Lipinski definition) is 1. The molecule has 0 saturated carbocycles. The summed E-state index contributed by atoms with van der Waals surface area (Å²) in [6.45, 7) is 11.2. The monoisotopic (exact) mass is 293 g/mol. The highest BCUT2D eigenvalue weighted by Crippen LogP contribution is 2.27. The van der Waals surface area contributed by atoms with Gasteiger partial charge in [-0.1, -0.05) is 33.3 Å². The van der Waals surface area contributed by atoms with Crippen molar-refractivity contribution in [2.24, 2.45) is 0 Å². The molecule has 0 heterocycles. The maximum Gasteiger partial charge on any atom is 0.127 e. The molecule has 1 unspecified atom stereocenters. The molecule has 0 aliphatic heterocycles. The van der Waals surface area contributed by atoms with Crippen molar-refractivity contribution in [1.82, 2.24) is 5.32 Å². The molecule has 1 N–H and O–H groups in total. The van der Waals surface area contributed by atoms with E-state index in [9.17, 15) is 0 Å². The molecule has 3 heteroatoms. The van der Waals surface area contributed by atoms with E-state index < -0.39 is 0 Å². The minimum atomic E-state index is 0.237. The zero-order valence-electron chi connectivity index (χ0n) is 14.1. The summed E-state index contributed by atoms with van der Waals surface area (Å²) in [4.78, 5) is 0. The van der Waals surface area contributed by atoms with Crippen molar-refractivity contribution < 1.29 is 9.47 Å². The first-order valence-electron chi connectivity index (χ1n) is 8.34. The molecule has 0 aliphatic rings. The van der Waals surface area contributed by atoms with Crippen LogP contribution in [0.3, 0.4) is 0 Å². The Balaban J connectivity index is 2.78. The van der Waals surface area contributed by atoms with Crippen LogP contribution >= 0.6 is 0 Å². The third kappa shape index (κ3) is 6.85. The fourth-order valence-corrected chi connectivity index (χ4v) is 2.18. The van der Waals surface area contributed by atoms with E-state index in [1.54, 1.807) is 0 Å². The number of benzene rings is 1. The lowest BCUT2D eigenvalue weighted by molar-refractivity contribution is 0.206. The summed E-state index contributed by atoms with van der Waals surface area (Å²) in [6.07, 6.45) is 4.60. The second-order valence-electron chi connectivity index (χ2n) is 5.51. The van der Waals surface area contributed by atoms with Crippen LogP contribution in [0.4, 0.5) is 0 Å². The lowest BCUT2D eigenvalue weighted by Gasteiger charge is -2.18. The molecule has 0 spiro atoms. The molecular formula is C18H31NO2. The van der Waals surface area contributed by atoms with Gasteiger partial charge >= 0.3 is 0 Å². The fraction of sp³-hybridized carbons (Fsp3) is 0.667. The zero-order valence-corrected chi connectivity index (χ0v) is 14.1. The van der Waals surface area contributed by atoms with Crippen molar-refractivity contribution in [2.75, 3.05) is 13.2 Å². The largest absolute Gasteiger partial charge is 0.493 e. The molecule has 0 fully saturated rings. The Morgan fingerprint density at radius 2 is 1.90 bits per heavy atom. The molecule has 1 aromatic rings. The summed E-state index contributed by atoms with van der Waals surface area (Å²) in [5.74, 6) is 1.85. The van der Waals surface area contributed by atoms with Crippen LogP contribution in [-0.2, 0) is 6.54 Å². The minimum Gasteiger partial charge on any atom is -0.493 e. The van der Waals surface area contributed by atoms with Crippen LogP contribution in [0.2, 0.25) is 0 Å².